The van der Waals surface area contributed by atoms with Gasteiger partial charge in [0.1, 0.15) is 0 Å². The molecule has 0 aromatic carbocycles. The number of halogens is 3. The maximum atomic E-state index is 12.2. The largest absolute Gasteiger partial charge is 0.445 e. The molecular weight excluding hydrogens is 269 g/mol. The molecule has 0 aliphatic carbocycles. The molecule has 0 atom stereocenters. The minimum atomic E-state index is -4.53. The Morgan fingerprint density at radius 3 is 2.39 bits per heavy atom. The van der Waals surface area contributed by atoms with Crippen LogP contribution in [0.25, 0.3) is 0 Å². The molecule has 102 valence electrons. The lowest BCUT2D eigenvalue weighted by Crippen LogP contribution is -2.32. The molecule has 0 saturated heterocycles. The Morgan fingerprint density at radius 2 is 1.94 bits per heavy atom. The third-order valence-electron chi connectivity index (χ3n) is 2.18. The van der Waals surface area contributed by atoms with Gasteiger partial charge in [0.05, 0.1) is 6.54 Å². The molecule has 1 aromatic heterocycles. The molecule has 0 aliphatic heterocycles. The highest BCUT2D eigenvalue weighted by molar-refractivity contribution is 7.15. The monoisotopic (exact) mass is 282 g/mol. The lowest BCUT2D eigenvalue weighted by molar-refractivity contribution is -0.138. The Hall–Kier alpha value is -1.22. The number of nitrogens with zero attached hydrogens (tertiary/aromatic N) is 3. The van der Waals surface area contributed by atoms with Crippen LogP contribution in [0.15, 0.2) is 0 Å². The van der Waals surface area contributed by atoms with Gasteiger partial charge in [0.25, 0.3) is 0 Å². The number of likely N-dealkylation sites (N-methyl/N-ethyl adjacent to an activating group) is 1. The van der Waals surface area contributed by atoms with Crippen molar-refractivity contribution in [3.63, 3.8) is 0 Å². The number of aromatic nitrogens is 2. The van der Waals surface area contributed by atoms with Crippen LogP contribution in [0.1, 0.15) is 18.9 Å². The summed E-state index contributed by atoms with van der Waals surface area (Å²) in [5, 5.41) is 7.34. The minimum absolute atomic E-state index is 0.119. The Balaban J connectivity index is 2.57. The Labute approximate surface area is 106 Å². The number of alkyl halides is 3. The fourth-order valence-corrected chi connectivity index (χ4v) is 1.82. The highest BCUT2D eigenvalue weighted by Gasteiger charge is 2.35. The van der Waals surface area contributed by atoms with Crippen molar-refractivity contribution in [1.82, 2.24) is 15.1 Å². The predicted molar refractivity (Wildman–Crippen MR) is 61.3 cm³/mol. The van der Waals surface area contributed by atoms with Gasteiger partial charge in [-0.05, 0) is 13.1 Å². The molecule has 0 saturated carbocycles. The molecule has 5 nitrogen and oxygen atoms in total. The molecule has 0 bridgehead atoms. The SMILES string of the molecule is CCN(CC)CC(=O)Nc1nnc(C(F)(F)F)s1. The highest BCUT2D eigenvalue weighted by atomic mass is 32.1. The second kappa shape index (κ2) is 6.10. The molecule has 1 amide bonds. The van der Waals surface area contributed by atoms with Crippen molar-refractivity contribution in [1.29, 1.82) is 0 Å². The molecule has 0 spiro atoms. The van der Waals surface area contributed by atoms with Gasteiger partial charge in [-0.15, -0.1) is 10.2 Å². The number of carbonyl (C=O) groups is 1. The molecule has 1 rings (SSSR count). The summed E-state index contributed by atoms with van der Waals surface area (Å²) >= 11 is 0.313. The summed E-state index contributed by atoms with van der Waals surface area (Å²) in [5.74, 6) is -0.399. The second-order valence-corrected chi connectivity index (χ2v) is 4.40. The van der Waals surface area contributed by atoms with Gasteiger partial charge >= 0.3 is 6.18 Å². The maximum Gasteiger partial charge on any atom is 0.445 e. The molecule has 18 heavy (non-hydrogen) atoms. The average molecular weight is 282 g/mol. The Bertz CT molecular complexity index is 403. The molecular formula is C9H13F3N4OS. The van der Waals surface area contributed by atoms with Crippen LogP contribution in [0.3, 0.4) is 0 Å². The summed E-state index contributed by atoms with van der Waals surface area (Å²) in [4.78, 5) is 13.3. The molecule has 1 aromatic rings. The fourth-order valence-electron chi connectivity index (χ4n) is 1.20. The average Bonchev–Trinajstić information content (AvgIpc) is 2.74. The fraction of sp³-hybridized carbons (Fsp3) is 0.667. The van der Waals surface area contributed by atoms with Crippen molar-refractivity contribution in [3.05, 3.63) is 5.01 Å². The number of amides is 1. The smallest absolute Gasteiger partial charge is 0.299 e. The van der Waals surface area contributed by atoms with Crippen LogP contribution < -0.4 is 5.32 Å². The first-order valence-electron chi connectivity index (χ1n) is 5.29. The number of hydrogen-bond acceptors (Lipinski definition) is 5. The van der Waals surface area contributed by atoms with Crippen LogP contribution in [0.5, 0.6) is 0 Å². The van der Waals surface area contributed by atoms with Gasteiger partial charge in [-0.3, -0.25) is 15.0 Å². The normalized spacial score (nSPS) is 11.9. The van der Waals surface area contributed by atoms with E-state index in [9.17, 15) is 18.0 Å². The van der Waals surface area contributed by atoms with Crippen LogP contribution in [0.2, 0.25) is 0 Å². The standard InChI is InChI=1S/C9H13F3N4OS/c1-3-16(4-2)5-6(17)13-8-15-14-7(18-8)9(10,11)12/h3-5H2,1-2H3,(H,13,15,17). The number of anilines is 1. The topological polar surface area (TPSA) is 58.1 Å². The number of hydrogen-bond donors (Lipinski definition) is 1. The highest BCUT2D eigenvalue weighted by Crippen LogP contribution is 2.32. The minimum Gasteiger partial charge on any atom is -0.299 e. The van der Waals surface area contributed by atoms with Gasteiger partial charge in [-0.1, -0.05) is 25.2 Å². The molecule has 1 N–H and O–H groups in total. The first-order chi connectivity index (χ1) is 8.36. The first kappa shape index (κ1) is 14.8. The first-order valence-corrected chi connectivity index (χ1v) is 6.11. The second-order valence-electron chi connectivity index (χ2n) is 3.42. The van der Waals surface area contributed by atoms with E-state index in [4.69, 9.17) is 0 Å². The summed E-state index contributed by atoms with van der Waals surface area (Å²) in [6, 6.07) is 0. The van der Waals surface area contributed by atoms with Crippen molar-refractivity contribution in [3.8, 4) is 0 Å². The Kier molecular flexibility index (Phi) is 5.03. The lowest BCUT2D eigenvalue weighted by atomic mass is 10.4. The van der Waals surface area contributed by atoms with Gasteiger partial charge in [0.2, 0.25) is 16.0 Å². The van der Waals surface area contributed by atoms with Crippen LogP contribution in [-0.2, 0) is 11.0 Å². The molecule has 9 heteroatoms. The van der Waals surface area contributed by atoms with Gasteiger partial charge in [-0.25, -0.2) is 0 Å². The molecule has 0 aliphatic rings. The third kappa shape index (κ3) is 4.22. The van der Waals surface area contributed by atoms with Crippen molar-refractivity contribution in [2.45, 2.75) is 20.0 Å². The molecule has 1 heterocycles. The van der Waals surface area contributed by atoms with Crippen LogP contribution in [0.4, 0.5) is 18.3 Å². The van der Waals surface area contributed by atoms with Crippen LogP contribution in [-0.4, -0.2) is 40.6 Å². The van der Waals surface area contributed by atoms with E-state index in [0.717, 1.165) is 0 Å². The van der Waals surface area contributed by atoms with E-state index in [1.807, 2.05) is 18.7 Å². The van der Waals surface area contributed by atoms with Crippen molar-refractivity contribution in [2.24, 2.45) is 0 Å². The molecule has 0 unspecified atom stereocenters. The summed E-state index contributed by atoms with van der Waals surface area (Å²) in [7, 11) is 0. The van der Waals surface area contributed by atoms with E-state index < -0.39 is 17.1 Å². The quantitative estimate of drug-likeness (QED) is 0.895. The van der Waals surface area contributed by atoms with Gasteiger partial charge in [-0.2, -0.15) is 13.2 Å². The van der Waals surface area contributed by atoms with Crippen LogP contribution >= 0.6 is 11.3 Å². The molecule has 0 radical (unpaired) electrons. The summed E-state index contributed by atoms with van der Waals surface area (Å²) in [6.45, 7) is 5.28. The zero-order valence-electron chi connectivity index (χ0n) is 9.91. The van der Waals surface area contributed by atoms with Crippen molar-refractivity contribution < 1.29 is 18.0 Å². The van der Waals surface area contributed by atoms with Gasteiger partial charge in [0, 0.05) is 0 Å². The number of carbonyl (C=O) groups excluding carboxylic acids is 1. The van der Waals surface area contributed by atoms with Gasteiger partial charge < -0.3 is 0 Å². The maximum absolute atomic E-state index is 12.2. The summed E-state index contributed by atoms with van der Waals surface area (Å²) in [6.07, 6.45) is -4.53. The summed E-state index contributed by atoms with van der Waals surface area (Å²) in [5.41, 5.74) is 0. The zero-order valence-corrected chi connectivity index (χ0v) is 10.7. The van der Waals surface area contributed by atoms with E-state index in [0.29, 0.717) is 24.4 Å². The van der Waals surface area contributed by atoms with E-state index >= 15 is 0 Å². The number of nitrogens with one attached hydrogen (secondary N) is 1. The zero-order chi connectivity index (χ0) is 13.8. The van der Waals surface area contributed by atoms with E-state index in [-0.39, 0.29) is 11.7 Å². The van der Waals surface area contributed by atoms with Crippen LogP contribution in [0, 0.1) is 0 Å². The van der Waals surface area contributed by atoms with E-state index in [2.05, 4.69) is 15.5 Å². The van der Waals surface area contributed by atoms with E-state index in [1.165, 1.54) is 0 Å². The number of rotatable bonds is 5. The third-order valence-corrected chi connectivity index (χ3v) is 3.06. The van der Waals surface area contributed by atoms with Gasteiger partial charge in [0.15, 0.2) is 0 Å². The van der Waals surface area contributed by atoms with Crippen molar-refractivity contribution in [2.75, 3.05) is 25.0 Å². The predicted octanol–water partition coefficient (Wildman–Crippen LogP) is 1.84. The van der Waals surface area contributed by atoms with Crippen molar-refractivity contribution >= 4 is 22.4 Å². The molecule has 0 fully saturated rings. The lowest BCUT2D eigenvalue weighted by Gasteiger charge is -2.16. The van der Waals surface area contributed by atoms with E-state index in [1.54, 1.807) is 0 Å². The Morgan fingerprint density at radius 1 is 1.33 bits per heavy atom. The summed E-state index contributed by atoms with van der Waals surface area (Å²) < 4.78 is 36.7.